The summed E-state index contributed by atoms with van der Waals surface area (Å²) < 4.78 is 5.53. The van der Waals surface area contributed by atoms with Gasteiger partial charge in [0.05, 0.1) is 11.7 Å². The molecule has 0 aliphatic carbocycles. The molecule has 0 aliphatic rings. The van der Waals surface area contributed by atoms with Gasteiger partial charge < -0.3 is 9.73 Å². The van der Waals surface area contributed by atoms with Crippen molar-refractivity contribution >= 4 is 11.3 Å². The molecule has 0 saturated carbocycles. The molecule has 0 amide bonds. The third kappa shape index (κ3) is 2.86. The number of hydrogen-bond acceptors (Lipinski definition) is 6. The molecule has 0 aromatic carbocycles. The van der Waals surface area contributed by atoms with E-state index in [2.05, 4.69) is 27.4 Å². The average molecular weight is 238 g/mol. The Morgan fingerprint density at radius 3 is 3.12 bits per heavy atom. The molecular formula is C10H14N4OS. The lowest BCUT2D eigenvalue weighted by atomic mass is 10.3. The van der Waals surface area contributed by atoms with E-state index in [-0.39, 0.29) is 0 Å². The van der Waals surface area contributed by atoms with Gasteiger partial charge in [0.2, 0.25) is 5.89 Å². The molecular weight excluding hydrogens is 224 g/mol. The van der Waals surface area contributed by atoms with Crippen LogP contribution < -0.4 is 5.32 Å². The molecule has 2 rings (SSSR count). The largest absolute Gasteiger partial charge is 0.420 e. The molecule has 0 fully saturated rings. The zero-order chi connectivity index (χ0) is 11.2. The third-order valence-corrected chi connectivity index (χ3v) is 2.87. The van der Waals surface area contributed by atoms with E-state index < -0.39 is 0 Å². The highest BCUT2D eigenvalue weighted by Gasteiger charge is 2.09. The van der Waals surface area contributed by atoms with Gasteiger partial charge in [-0.1, -0.05) is 6.92 Å². The molecule has 2 aromatic heterocycles. The summed E-state index contributed by atoms with van der Waals surface area (Å²) in [6, 6.07) is 0. The first kappa shape index (κ1) is 11.2. The topological polar surface area (TPSA) is 63.8 Å². The molecule has 0 spiro atoms. The Morgan fingerprint density at radius 1 is 1.44 bits per heavy atom. The lowest BCUT2D eigenvalue weighted by molar-refractivity contribution is 0.493. The molecule has 16 heavy (non-hydrogen) atoms. The maximum absolute atomic E-state index is 5.53. The fraction of sp³-hybridized carbons (Fsp3) is 0.500. The molecule has 0 aliphatic heterocycles. The summed E-state index contributed by atoms with van der Waals surface area (Å²) >= 11 is 1.50. The highest BCUT2D eigenvalue weighted by molar-refractivity contribution is 7.13. The van der Waals surface area contributed by atoms with Gasteiger partial charge in [0.25, 0.3) is 5.89 Å². The third-order valence-electron chi connectivity index (χ3n) is 2.10. The predicted molar refractivity (Wildman–Crippen MR) is 62.3 cm³/mol. The Labute approximate surface area is 97.9 Å². The van der Waals surface area contributed by atoms with Gasteiger partial charge in [0, 0.05) is 6.42 Å². The molecule has 6 heteroatoms. The van der Waals surface area contributed by atoms with Crippen LogP contribution >= 0.6 is 11.3 Å². The first-order valence-corrected chi connectivity index (χ1v) is 6.20. The lowest BCUT2D eigenvalue weighted by Crippen LogP contribution is -2.14. The summed E-state index contributed by atoms with van der Waals surface area (Å²) in [5, 5.41) is 11.3. The Hall–Kier alpha value is -1.27. The molecule has 1 N–H and O–H groups in total. The fourth-order valence-electron chi connectivity index (χ4n) is 1.32. The van der Waals surface area contributed by atoms with Crippen LogP contribution in [0.25, 0.3) is 10.8 Å². The molecule has 0 radical (unpaired) electrons. The molecule has 0 atom stereocenters. The van der Waals surface area contributed by atoms with Crippen LogP contribution in [-0.2, 0) is 6.42 Å². The lowest BCUT2D eigenvalue weighted by Gasteiger charge is -1.97. The summed E-state index contributed by atoms with van der Waals surface area (Å²) in [5.74, 6) is 1.27. The van der Waals surface area contributed by atoms with Gasteiger partial charge in [-0.25, -0.2) is 0 Å². The Kier molecular flexibility index (Phi) is 4.01. The minimum Gasteiger partial charge on any atom is -0.420 e. The molecule has 5 nitrogen and oxygen atoms in total. The Morgan fingerprint density at radius 2 is 2.38 bits per heavy atom. The summed E-state index contributed by atoms with van der Waals surface area (Å²) in [4.78, 5) is 4.90. The van der Waals surface area contributed by atoms with Crippen molar-refractivity contribution in [1.29, 1.82) is 0 Å². The van der Waals surface area contributed by atoms with E-state index in [1.54, 1.807) is 11.7 Å². The van der Waals surface area contributed by atoms with Crippen LogP contribution in [0.2, 0.25) is 0 Å². The van der Waals surface area contributed by atoms with Gasteiger partial charge in [-0.2, -0.15) is 0 Å². The van der Waals surface area contributed by atoms with Crippen molar-refractivity contribution in [1.82, 2.24) is 20.5 Å². The van der Waals surface area contributed by atoms with E-state index in [1.807, 2.05) is 0 Å². The maximum Gasteiger partial charge on any atom is 0.259 e. The monoisotopic (exact) mass is 238 g/mol. The average Bonchev–Trinajstić information content (AvgIpc) is 2.94. The van der Waals surface area contributed by atoms with Crippen molar-refractivity contribution in [3.8, 4) is 10.8 Å². The molecule has 2 aromatic rings. The number of hydrogen-bond donors (Lipinski definition) is 1. The molecule has 2 heterocycles. The van der Waals surface area contributed by atoms with Gasteiger partial charge in [-0.3, -0.25) is 4.98 Å². The number of nitrogens with one attached hydrogen (secondary N) is 1. The summed E-state index contributed by atoms with van der Waals surface area (Å²) in [6.45, 7) is 4.07. The predicted octanol–water partition coefficient (Wildman–Crippen LogP) is 1.74. The zero-order valence-corrected chi connectivity index (χ0v) is 9.96. The van der Waals surface area contributed by atoms with Crippen LogP contribution in [0, 0.1) is 0 Å². The Balaban J connectivity index is 1.88. The Bertz CT molecular complexity index is 412. The number of aryl methyl sites for hydroxylation is 1. The van der Waals surface area contributed by atoms with Gasteiger partial charge in [0.1, 0.15) is 4.88 Å². The van der Waals surface area contributed by atoms with Crippen LogP contribution in [0.1, 0.15) is 19.2 Å². The van der Waals surface area contributed by atoms with Crippen molar-refractivity contribution in [2.24, 2.45) is 0 Å². The quantitative estimate of drug-likeness (QED) is 0.776. The van der Waals surface area contributed by atoms with Crippen molar-refractivity contribution in [3.05, 3.63) is 17.6 Å². The second-order valence-electron chi connectivity index (χ2n) is 3.32. The first-order chi connectivity index (χ1) is 7.90. The zero-order valence-electron chi connectivity index (χ0n) is 9.14. The van der Waals surface area contributed by atoms with Crippen molar-refractivity contribution in [3.63, 3.8) is 0 Å². The van der Waals surface area contributed by atoms with E-state index in [0.717, 1.165) is 30.8 Å². The second-order valence-corrected chi connectivity index (χ2v) is 4.21. The highest BCUT2D eigenvalue weighted by Crippen LogP contribution is 2.21. The first-order valence-electron chi connectivity index (χ1n) is 5.32. The number of aromatic nitrogens is 3. The normalized spacial score (nSPS) is 10.8. The second kappa shape index (κ2) is 5.72. The van der Waals surface area contributed by atoms with Gasteiger partial charge >= 0.3 is 0 Å². The van der Waals surface area contributed by atoms with Crippen molar-refractivity contribution in [2.45, 2.75) is 19.8 Å². The molecule has 0 bridgehead atoms. The minimum absolute atomic E-state index is 0.570. The molecule has 86 valence electrons. The van der Waals surface area contributed by atoms with Crippen LogP contribution in [0.5, 0.6) is 0 Å². The highest BCUT2D eigenvalue weighted by atomic mass is 32.1. The fourth-order valence-corrected chi connectivity index (χ4v) is 1.86. The smallest absolute Gasteiger partial charge is 0.259 e. The number of thiazole rings is 1. The maximum atomic E-state index is 5.53. The summed E-state index contributed by atoms with van der Waals surface area (Å²) in [5.41, 5.74) is 1.75. The van der Waals surface area contributed by atoms with Crippen LogP contribution in [0.4, 0.5) is 0 Å². The van der Waals surface area contributed by atoms with E-state index in [0.29, 0.717) is 11.8 Å². The number of rotatable bonds is 6. The van der Waals surface area contributed by atoms with E-state index >= 15 is 0 Å². The van der Waals surface area contributed by atoms with Gasteiger partial charge in [-0.15, -0.1) is 21.5 Å². The molecule has 0 saturated heterocycles. The minimum atomic E-state index is 0.570. The van der Waals surface area contributed by atoms with Crippen molar-refractivity contribution in [2.75, 3.05) is 13.1 Å². The summed E-state index contributed by atoms with van der Waals surface area (Å²) in [7, 11) is 0. The van der Waals surface area contributed by atoms with Crippen LogP contribution in [0.3, 0.4) is 0 Å². The molecule has 0 unspecified atom stereocenters. The van der Waals surface area contributed by atoms with E-state index in [4.69, 9.17) is 4.42 Å². The van der Waals surface area contributed by atoms with Crippen LogP contribution in [-0.4, -0.2) is 28.3 Å². The van der Waals surface area contributed by atoms with Crippen molar-refractivity contribution < 1.29 is 4.42 Å². The SMILES string of the molecule is CCNCCCc1nnc(-c2cncs2)o1. The van der Waals surface area contributed by atoms with E-state index in [9.17, 15) is 0 Å². The van der Waals surface area contributed by atoms with Gasteiger partial charge in [0.15, 0.2) is 0 Å². The van der Waals surface area contributed by atoms with Crippen LogP contribution in [0.15, 0.2) is 16.1 Å². The summed E-state index contributed by atoms with van der Waals surface area (Å²) in [6.07, 6.45) is 3.57. The number of nitrogens with zero attached hydrogens (tertiary/aromatic N) is 3. The van der Waals surface area contributed by atoms with Gasteiger partial charge in [-0.05, 0) is 19.5 Å². The van der Waals surface area contributed by atoms with E-state index in [1.165, 1.54) is 11.3 Å². The standard InChI is InChI=1S/C10H14N4OS/c1-2-11-5-3-4-9-13-14-10(15-9)8-6-12-7-16-8/h6-7,11H,2-5H2,1H3.